The molecule has 5 aromatic rings. The van der Waals surface area contributed by atoms with Gasteiger partial charge in [-0.15, -0.1) is 0 Å². The standard InChI is InChI=1S/C28H22N2O2/c1-31-26-15-13-23(17-27(26)32-2)22-12-14-25-24(16-22)28(30-18-29-25)21-10-8-20(9-11-21)19-6-4-3-5-7-19/h3-18H,1-2H3. The molecule has 0 aliphatic carbocycles. The predicted octanol–water partition coefficient (Wildman–Crippen LogP) is 6.65. The molecule has 0 aliphatic heterocycles. The Morgan fingerprint density at radius 3 is 1.91 bits per heavy atom. The van der Waals surface area contributed by atoms with E-state index in [2.05, 4.69) is 70.6 Å². The van der Waals surface area contributed by atoms with Crippen molar-refractivity contribution in [1.82, 2.24) is 9.97 Å². The zero-order chi connectivity index (χ0) is 21.9. The van der Waals surface area contributed by atoms with E-state index in [-0.39, 0.29) is 0 Å². The van der Waals surface area contributed by atoms with E-state index >= 15 is 0 Å². The minimum absolute atomic E-state index is 0.700. The third-order valence-electron chi connectivity index (χ3n) is 5.62. The number of hydrogen-bond acceptors (Lipinski definition) is 4. The van der Waals surface area contributed by atoms with E-state index in [1.165, 1.54) is 11.1 Å². The molecule has 1 aromatic heterocycles. The fourth-order valence-corrected chi connectivity index (χ4v) is 3.93. The van der Waals surface area contributed by atoms with Gasteiger partial charge < -0.3 is 9.47 Å². The van der Waals surface area contributed by atoms with Crippen LogP contribution in [0.2, 0.25) is 0 Å². The highest BCUT2D eigenvalue weighted by Gasteiger charge is 2.11. The number of ether oxygens (including phenoxy) is 2. The van der Waals surface area contributed by atoms with Gasteiger partial charge in [-0.25, -0.2) is 9.97 Å². The Morgan fingerprint density at radius 1 is 0.531 bits per heavy atom. The number of rotatable bonds is 5. The molecule has 4 aromatic carbocycles. The van der Waals surface area contributed by atoms with Gasteiger partial charge in [-0.05, 0) is 46.5 Å². The lowest BCUT2D eigenvalue weighted by molar-refractivity contribution is 0.355. The van der Waals surface area contributed by atoms with Gasteiger partial charge in [-0.3, -0.25) is 0 Å². The summed E-state index contributed by atoms with van der Waals surface area (Å²) in [6.45, 7) is 0. The zero-order valence-corrected chi connectivity index (χ0v) is 17.9. The van der Waals surface area contributed by atoms with Crippen molar-refractivity contribution in [3.63, 3.8) is 0 Å². The minimum Gasteiger partial charge on any atom is -0.493 e. The summed E-state index contributed by atoms with van der Waals surface area (Å²) in [5.74, 6) is 1.41. The van der Waals surface area contributed by atoms with Gasteiger partial charge in [0.1, 0.15) is 6.33 Å². The first-order valence-corrected chi connectivity index (χ1v) is 10.4. The van der Waals surface area contributed by atoms with E-state index in [1.807, 2.05) is 30.3 Å². The topological polar surface area (TPSA) is 44.2 Å². The van der Waals surface area contributed by atoms with E-state index in [1.54, 1.807) is 20.5 Å². The summed E-state index contributed by atoms with van der Waals surface area (Å²) < 4.78 is 10.8. The number of benzene rings is 4. The van der Waals surface area contributed by atoms with Crippen LogP contribution in [0.15, 0.2) is 97.3 Å². The number of methoxy groups -OCH3 is 2. The Hall–Kier alpha value is -4.18. The summed E-state index contributed by atoms with van der Waals surface area (Å²) in [4.78, 5) is 9.09. The van der Waals surface area contributed by atoms with Crippen molar-refractivity contribution in [2.75, 3.05) is 14.2 Å². The van der Waals surface area contributed by atoms with Crippen LogP contribution in [-0.2, 0) is 0 Å². The Balaban J connectivity index is 1.58. The molecule has 156 valence electrons. The van der Waals surface area contributed by atoms with E-state index in [0.29, 0.717) is 11.5 Å². The smallest absolute Gasteiger partial charge is 0.161 e. The molecule has 0 amide bonds. The molecule has 4 nitrogen and oxygen atoms in total. The molecule has 0 fully saturated rings. The van der Waals surface area contributed by atoms with E-state index in [0.717, 1.165) is 33.3 Å². The zero-order valence-electron chi connectivity index (χ0n) is 17.9. The molecule has 32 heavy (non-hydrogen) atoms. The minimum atomic E-state index is 0.700. The maximum absolute atomic E-state index is 5.48. The Kier molecular flexibility index (Phi) is 5.26. The third kappa shape index (κ3) is 3.67. The van der Waals surface area contributed by atoms with Crippen LogP contribution in [0.3, 0.4) is 0 Å². The first-order chi connectivity index (χ1) is 15.8. The maximum Gasteiger partial charge on any atom is 0.161 e. The molecular weight excluding hydrogens is 396 g/mol. The maximum atomic E-state index is 5.48. The average molecular weight is 418 g/mol. The Morgan fingerprint density at radius 2 is 1.16 bits per heavy atom. The van der Waals surface area contributed by atoms with Crippen LogP contribution in [0.4, 0.5) is 0 Å². The molecule has 0 radical (unpaired) electrons. The van der Waals surface area contributed by atoms with Crippen molar-refractivity contribution in [3.8, 4) is 45.0 Å². The van der Waals surface area contributed by atoms with Crippen molar-refractivity contribution in [2.45, 2.75) is 0 Å². The van der Waals surface area contributed by atoms with Gasteiger partial charge in [0.25, 0.3) is 0 Å². The van der Waals surface area contributed by atoms with Crippen LogP contribution < -0.4 is 9.47 Å². The predicted molar refractivity (Wildman–Crippen MR) is 129 cm³/mol. The molecule has 0 spiro atoms. The number of hydrogen-bond donors (Lipinski definition) is 0. The van der Waals surface area contributed by atoms with Gasteiger partial charge in [0, 0.05) is 10.9 Å². The van der Waals surface area contributed by atoms with E-state index < -0.39 is 0 Å². The molecule has 1 heterocycles. The molecule has 0 aliphatic rings. The second kappa shape index (κ2) is 8.52. The van der Waals surface area contributed by atoms with Crippen molar-refractivity contribution in [3.05, 3.63) is 97.3 Å². The number of aromatic nitrogens is 2. The first-order valence-electron chi connectivity index (χ1n) is 10.4. The summed E-state index contributed by atoms with van der Waals surface area (Å²) in [7, 11) is 3.29. The van der Waals surface area contributed by atoms with Crippen LogP contribution in [0.5, 0.6) is 11.5 Å². The molecule has 4 heteroatoms. The van der Waals surface area contributed by atoms with E-state index in [4.69, 9.17) is 9.47 Å². The molecular formula is C28H22N2O2. The molecule has 0 atom stereocenters. The second-order valence-corrected chi connectivity index (χ2v) is 7.47. The summed E-state index contributed by atoms with van der Waals surface area (Å²) >= 11 is 0. The number of nitrogens with zero attached hydrogens (tertiary/aromatic N) is 2. The van der Waals surface area contributed by atoms with Gasteiger partial charge in [-0.2, -0.15) is 0 Å². The van der Waals surface area contributed by atoms with Crippen LogP contribution >= 0.6 is 0 Å². The third-order valence-corrected chi connectivity index (χ3v) is 5.62. The van der Waals surface area contributed by atoms with Crippen LogP contribution in [0, 0.1) is 0 Å². The molecule has 0 saturated carbocycles. The van der Waals surface area contributed by atoms with Gasteiger partial charge in [0.2, 0.25) is 0 Å². The Labute approximate surface area is 187 Å². The fraction of sp³-hybridized carbons (Fsp3) is 0.0714. The highest BCUT2D eigenvalue weighted by Crippen LogP contribution is 2.35. The average Bonchev–Trinajstić information content (AvgIpc) is 2.88. The van der Waals surface area contributed by atoms with Crippen molar-refractivity contribution < 1.29 is 9.47 Å². The molecule has 0 unspecified atom stereocenters. The van der Waals surface area contributed by atoms with Crippen molar-refractivity contribution in [2.24, 2.45) is 0 Å². The Bertz CT molecular complexity index is 1380. The van der Waals surface area contributed by atoms with Crippen molar-refractivity contribution in [1.29, 1.82) is 0 Å². The molecule has 0 N–H and O–H groups in total. The van der Waals surface area contributed by atoms with Crippen LogP contribution in [-0.4, -0.2) is 24.2 Å². The normalized spacial score (nSPS) is 10.8. The quantitative estimate of drug-likeness (QED) is 0.321. The van der Waals surface area contributed by atoms with Gasteiger partial charge in [-0.1, -0.05) is 66.7 Å². The molecule has 0 bridgehead atoms. The summed E-state index contributed by atoms with van der Waals surface area (Å²) in [6.07, 6.45) is 1.62. The largest absolute Gasteiger partial charge is 0.493 e. The monoisotopic (exact) mass is 418 g/mol. The summed E-state index contributed by atoms with van der Waals surface area (Å²) in [6, 6.07) is 31.0. The van der Waals surface area contributed by atoms with E-state index in [9.17, 15) is 0 Å². The van der Waals surface area contributed by atoms with Crippen LogP contribution in [0.25, 0.3) is 44.4 Å². The lowest BCUT2D eigenvalue weighted by atomic mass is 9.98. The molecule has 5 rings (SSSR count). The highest BCUT2D eigenvalue weighted by molar-refractivity contribution is 5.95. The van der Waals surface area contributed by atoms with Gasteiger partial charge in [0.15, 0.2) is 11.5 Å². The fourth-order valence-electron chi connectivity index (χ4n) is 3.93. The highest BCUT2D eigenvalue weighted by atomic mass is 16.5. The lowest BCUT2D eigenvalue weighted by Crippen LogP contribution is -1.92. The SMILES string of the molecule is COc1ccc(-c2ccc3ncnc(-c4ccc(-c5ccccc5)cc4)c3c2)cc1OC. The summed E-state index contributed by atoms with van der Waals surface area (Å²) in [5, 5.41) is 1.01. The molecule has 0 saturated heterocycles. The second-order valence-electron chi connectivity index (χ2n) is 7.47. The van der Waals surface area contributed by atoms with Crippen molar-refractivity contribution >= 4 is 10.9 Å². The van der Waals surface area contributed by atoms with Crippen LogP contribution in [0.1, 0.15) is 0 Å². The summed E-state index contributed by atoms with van der Waals surface area (Å²) in [5.41, 5.74) is 7.36. The van der Waals surface area contributed by atoms with Gasteiger partial charge >= 0.3 is 0 Å². The number of fused-ring (bicyclic) bond motifs is 1. The lowest BCUT2D eigenvalue weighted by Gasteiger charge is -2.11. The van der Waals surface area contributed by atoms with Gasteiger partial charge in [0.05, 0.1) is 25.4 Å². The first kappa shape index (κ1) is 19.8.